The molecular formula is C23H26N4O2. The van der Waals surface area contributed by atoms with Crippen LogP contribution in [0.25, 0.3) is 0 Å². The molecule has 3 aromatic rings. The molecule has 2 amide bonds. The van der Waals surface area contributed by atoms with Gasteiger partial charge in [0.25, 0.3) is 11.8 Å². The number of amides is 2. The Balaban J connectivity index is 1.71. The molecule has 1 heterocycles. The van der Waals surface area contributed by atoms with E-state index in [1.807, 2.05) is 39.8 Å². The minimum Gasteiger partial charge on any atom is -0.267 e. The maximum Gasteiger partial charge on any atom is 0.273 e. The number of rotatable bonds is 4. The van der Waals surface area contributed by atoms with Crippen LogP contribution >= 0.6 is 0 Å². The smallest absolute Gasteiger partial charge is 0.267 e. The summed E-state index contributed by atoms with van der Waals surface area (Å²) < 4.78 is 1.81. The number of carbonyl (C=O) groups excluding carboxylic acids is 2. The quantitative estimate of drug-likeness (QED) is 0.669. The first-order chi connectivity index (χ1) is 13.8. The zero-order chi connectivity index (χ0) is 21.1. The third kappa shape index (κ3) is 4.54. The van der Waals surface area contributed by atoms with Crippen molar-refractivity contribution in [3.8, 4) is 0 Å². The molecule has 6 heteroatoms. The number of hydrogen-bond donors (Lipinski definition) is 2. The largest absolute Gasteiger partial charge is 0.273 e. The molecule has 0 spiro atoms. The number of hydrogen-bond acceptors (Lipinski definition) is 3. The number of aryl methyl sites for hydroxylation is 4. The molecule has 0 saturated carbocycles. The topological polar surface area (TPSA) is 76.0 Å². The standard InChI is InChI=1S/C23H26N4O2/c1-14-6-9-19(10-7-14)13-27-18(5)21(17(4)26-27)23(29)25-24-22(28)20-11-8-15(2)12-16(20)3/h6-12H,13H2,1-5H3,(H,24,28)(H,25,29). The molecule has 0 atom stereocenters. The lowest BCUT2D eigenvalue weighted by Gasteiger charge is -2.10. The summed E-state index contributed by atoms with van der Waals surface area (Å²) in [6.07, 6.45) is 0. The van der Waals surface area contributed by atoms with E-state index in [1.165, 1.54) is 5.56 Å². The fourth-order valence-electron chi connectivity index (χ4n) is 3.36. The van der Waals surface area contributed by atoms with E-state index < -0.39 is 0 Å². The molecule has 0 unspecified atom stereocenters. The highest BCUT2D eigenvalue weighted by Crippen LogP contribution is 2.15. The Labute approximate surface area is 170 Å². The van der Waals surface area contributed by atoms with E-state index in [9.17, 15) is 9.59 Å². The van der Waals surface area contributed by atoms with Gasteiger partial charge in [0.05, 0.1) is 17.8 Å². The summed E-state index contributed by atoms with van der Waals surface area (Å²) >= 11 is 0. The summed E-state index contributed by atoms with van der Waals surface area (Å²) in [5, 5.41) is 4.50. The zero-order valence-electron chi connectivity index (χ0n) is 17.5. The first-order valence-corrected chi connectivity index (χ1v) is 9.53. The van der Waals surface area contributed by atoms with Gasteiger partial charge in [0, 0.05) is 11.3 Å². The van der Waals surface area contributed by atoms with Crippen LogP contribution in [0.1, 0.15) is 54.4 Å². The zero-order valence-corrected chi connectivity index (χ0v) is 17.5. The van der Waals surface area contributed by atoms with E-state index in [2.05, 4.69) is 40.2 Å². The molecule has 3 rings (SSSR count). The molecule has 0 radical (unpaired) electrons. The van der Waals surface area contributed by atoms with Crippen LogP contribution in [0.2, 0.25) is 0 Å². The van der Waals surface area contributed by atoms with Gasteiger partial charge in [-0.3, -0.25) is 25.1 Å². The Bertz CT molecular complexity index is 1070. The lowest BCUT2D eigenvalue weighted by molar-refractivity contribution is 0.0845. The van der Waals surface area contributed by atoms with Gasteiger partial charge >= 0.3 is 0 Å². The fraction of sp³-hybridized carbons (Fsp3) is 0.261. The van der Waals surface area contributed by atoms with Gasteiger partial charge in [-0.1, -0.05) is 47.5 Å². The predicted octanol–water partition coefficient (Wildman–Crippen LogP) is 3.55. The normalized spacial score (nSPS) is 10.7. The Hall–Kier alpha value is -3.41. The monoisotopic (exact) mass is 390 g/mol. The molecule has 0 fully saturated rings. The molecule has 6 nitrogen and oxygen atoms in total. The summed E-state index contributed by atoms with van der Waals surface area (Å²) in [5.41, 5.74) is 11.6. The van der Waals surface area contributed by atoms with E-state index >= 15 is 0 Å². The van der Waals surface area contributed by atoms with Crippen molar-refractivity contribution in [2.45, 2.75) is 41.2 Å². The molecule has 2 aromatic carbocycles. The number of carbonyl (C=O) groups is 2. The van der Waals surface area contributed by atoms with Gasteiger partial charge in [-0.25, -0.2) is 0 Å². The number of nitrogens with one attached hydrogen (secondary N) is 2. The molecule has 150 valence electrons. The highest BCUT2D eigenvalue weighted by molar-refractivity contribution is 6.00. The molecule has 29 heavy (non-hydrogen) atoms. The van der Waals surface area contributed by atoms with E-state index in [-0.39, 0.29) is 11.8 Å². The summed E-state index contributed by atoms with van der Waals surface area (Å²) in [5.74, 6) is -0.730. The van der Waals surface area contributed by atoms with Crippen molar-refractivity contribution in [1.29, 1.82) is 0 Å². The van der Waals surface area contributed by atoms with E-state index in [4.69, 9.17) is 0 Å². The maximum absolute atomic E-state index is 12.7. The van der Waals surface area contributed by atoms with Gasteiger partial charge in [0.15, 0.2) is 0 Å². The maximum atomic E-state index is 12.7. The van der Waals surface area contributed by atoms with Crippen molar-refractivity contribution < 1.29 is 9.59 Å². The fourth-order valence-corrected chi connectivity index (χ4v) is 3.36. The molecule has 0 aliphatic heterocycles. The lowest BCUT2D eigenvalue weighted by Crippen LogP contribution is -2.42. The van der Waals surface area contributed by atoms with Gasteiger partial charge < -0.3 is 0 Å². The Morgan fingerprint density at radius 1 is 0.862 bits per heavy atom. The highest BCUT2D eigenvalue weighted by atomic mass is 16.2. The van der Waals surface area contributed by atoms with Crippen LogP contribution in [0.4, 0.5) is 0 Å². The van der Waals surface area contributed by atoms with Crippen molar-refractivity contribution in [2.75, 3.05) is 0 Å². The first-order valence-electron chi connectivity index (χ1n) is 9.53. The number of benzene rings is 2. The van der Waals surface area contributed by atoms with Crippen molar-refractivity contribution in [3.63, 3.8) is 0 Å². The van der Waals surface area contributed by atoms with Crippen molar-refractivity contribution in [2.24, 2.45) is 0 Å². The second-order valence-electron chi connectivity index (χ2n) is 7.42. The highest BCUT2D eigenvalue weighted by Gasteiger charge is 2.20. The number of hydrazine groups is 1. The molecule has 1 aromatic heterocycles. The molecule has 2 N–H and O–H groups in total. The SMILES string of the molecule is Cc1ccc(Cn2nc(C)c(C(=O)NNC(=O)c3ccc(C)cc3C)c2C)cc1. The Morgan fingerprint density at radius 3 is 2.14 bits per heavy atom. The van der Waals surface area contributed by atoms with Crippen LogP contribution in [-0.4, -0.2) is 21.6 Å². The summed E-state index contributed by atoms with van der Waals surface area (Å²) in [6.45, 7) is 10.1. The number of aromatic nitrogens is 2. The molecule has 0 bridgehead atoms. The van der Waals surface area contributed by atoms with Gasteiger partial charge in [-0.15, -0.1) is 0 Å². The minimum atomic E-state index is -0.381. The second kappa shape index (κ2) is 8.31. The molecular weight excluding hydrogens is 364 g/mol. The van der Waals surface area contributed by atoms with Crippen LogP contribution in [-0.2, 0) is 6.54 Å². The van der Waals surface area contributed by atoms with E-state index in [0.29, 0.717) is 23.4 Å². The first kappa shape index (κ1) is 20.3. The molecule has 0 saturated heterocycles. The average molecular weight is 390 g/mol. The van der Waals surface area contributed by atoms with Crippen LogP contribution in [0.3, 0.4) is 0 Å². The van der Waals surface area contributed by atoms with Gasteiger partial charge in [0.2, 0.25) is 0 Å². The number of nitrogens with zero attached hydrogens (tertiary/aromatic N) is 2. The van der Waals surface area contributed by atoms with Crippen molar-refractivity contribution in [3.05, 3.63) is 87.2 Å². The van der Waals surface area contributed by atoms with Gasteiger partial charge in [0.1, 0.15) is 0 Å². The Morgan fingerprint density at radius 2 is 1.48 bits per heavy atom. The summed E-state index contributed by atoms with van der Waals surface area (Å²) in [7, 11) is 0. The van der Waals surface area contributed by atoms with Crippen LogP contribution in [0.5, 0.6) is 0 Å². The van der Waals surface area contributed by atoms with Crippen molar-refractivity contribution in [1.82, 2.24) is 20.6 Å². The second-order valence-corrected chi connectivity index (χ2v) is 7.42. The van der Waals surface area contributed by atoms with E-state index in [0.717, 1.165) is 22.4 Å². The summed E-state index contributed by atoms with van der Waals surface area (Å²) in [4.78, 5) is 25.1. The minimum absolute atomic E-state index is 0.349. The third-order valence-corrected chi connectivity index (χ3v) is 4.98. The van der Waals surface area contributed by atoms with Crippen molar-refractivity contribution >= 4 is 11.8 Å². The van der Waals surface area contributed by atoms with Gasteiger partial charge in [-0.2, -0.15) is 5.10 Å². The third-order valence-electron chi connectivity index (χ3n) is 4.98. The summed E-state index contributed by atoms with van der Waals surface area (Å²) in [6, 6.07) is 13.8. The molecule has 0 aliphatic carbocycles. The van der Waals surface area contributed by atoms with Crippen LogP contribution < -0.4 is 10.9 Å². The average Bonchev–Trinajstić information content (AvgIpc) is 2.94. The van der Waals surface area contributed by atoms with Crippen LogP contribution in [0, 0.1) is 34.6 Å². The van der Waals surface area contributed by atoms with E-state index in [1.54, 1.807) is 17.7 Å². The Kier molecular flexibility index (Phi) is 5.82. The molecule has 0 aliphatic rings. The predicted molar refractivity (Wildman–Crippen MR) is 113 cm³/mol. The lowest BCUT2D eigenvalue weighted by atomic mass is 10.1. The van der Waals surface area contributed by atoms with Crippen LogP contribution in [0.15, 0.2) is 42.5 Å². The van der Waals surface area contributed by atoms with Gasteiger partial charge in [-0.05, 0) is 51.8 Å².